The number of nitrogens with zero attached hydrogens (tertiary/aromatic N) is 1. The number of hydrogen-bond acceptors (Lipinski definition) is 2. The first kappa shape index (κ1) is 18.1. The zero-order chi connectivity index (χ0) is 19.1. The summed E-state index contributed by atoms with van der Waals surface area (Å²) >= 11 is 0. The Morgan fingerprint density at radius 2 is 1.65 bits per heavy atom. The van der Waals surface area contributed by atoms with E-state index in [1.165, 1.54) is 6.07 Å². The van der Waals surface area contributed by atoms with Crippen LogP contribution in [0.15, 0.2) is 48.5 Å². The van der Waals surface area contributed by atoms with Crippen molar-refractivity contribution in [1.82, 2.24) is 10.2 Å². The molecule has 3 rings (SSSR count). The maximum atomic E-state index is 13.9. The third kappa shape index (κ3) is 3.09. The Kier molecular flexibility index (Phi) is 4.34. The molecule has 26 heavy (non-hydrogen) atoms. The van der Waals surface area contributed by atoms with E-state index in [4.69, 9.17) is 0 Å². The minimum Gasteiger partial charge on any atom is -0.319 e. The lowest BCUT2D eigenvalue weighted by atomic mass is 9.84. The van der Waals surface area contributed by atoms with Gasteiger partial charge in [-0.25, -0.2) is 9.18 Å². The van der Waals surface area contributed by atoms with Crippen LogP contribution in [-0.4, -0.2) is 16.8 Å². The number of urea groups is 1. The van der Waals surface area contributed by atoms with Gasteiger partial charge in [0.05, 0.1) is 6.54 Å². The lowest BCUT2D eigenvalue weighted by Gasteiger charge is -2.24. The Morgan fingerprint density at radius 3 is 2.23 bits per heavy atom. The molecule has 0 aromatic heterocycles. The van der Waals surface area contributed by atoms with Gasteiger partial charge in [0, 0.05) is 5.56 Å². The number of rotatable bonds is 3. The first-order chi connectivity index (χ1) is 12.1. The van der Waals surface area contributed by atoms with Gasteiger partial charge in [0.15, 0.2) is 0 Å². The summed E-state index contributed by atoms with van der Waals surface area (Å²) in [5.41, 5.74) is 1.01. The lowest BCUT2D eigenvalue weighted by Crippen LogP contribution is -2.40. The summed E-state index contributed by atoms with van der Waals surface area (Å²) in [6.07, 6.45) is 0. The van der Waals surface area contributed by atoms with Crippen LogP contribution >= 0.6 is 0 Å². The molecule has 5 heteroatoms. The van der Waals surface area contributed by atoms with Crippen LogP contribution in [0.3, 0.4) is 0 Å². The molecule has 1 heterocycles. The second-order valence-electron chi connectivity index (χ2n) is 7.87. The van der Waals surface area contributed by atoms with Crippen molar-refractivity contribution in [3.05, 3.63) is 71.0 Å². The average molecular weight is 354 g/mol. The van der Waals surface area contributed by atoms with Crippen LogP contribution in [0.25, 0.3) is 0 Å². The number of benzene rings is 2. The van der Waals surface area contributed by atoms with Crippen LogP contribution < -0.4 is 5.32 Å². The first-order valence-corrected chi connectivity index (χ1v) is 8.61. The monoisotopic (exact) mass is 354 g/mol. The van der Waals surface area contributed by atoms with E-state index in [9.17, 15) is 14.0 Å². The van der Waals surface area contributed by atoms with Crippen LogP contribution in [0.4, 0.5) is 9.18 Å². The van der Waals surface area contributed by atoms with Crippen molar-refractivity contribution in [2.24, 2.45) is 0 Å². The van der Waals surface area contributed by atoms with Gasteiger partial charge >= 0.3 is 6.03 Å². The molecule has 2 aromatic carbocycles. The van der Waals surface area contributed by atoms with E-state index in [2.05, 4.69) is 26.1 Å². The van der Waals surface area contributed by atoms with E-state index in [0.717, 1.165) is 10.5 Å². The van der Waals surface area contributed by atoms with E-state index in [0.29, 0.717) is 11.1 Å². The number of amides is 3. The fraction of sp³-hybridized carbons (Fsp3) is 0.333. The molecule has 1 aliphatic heterocycles. The van der Waals surface area contributed by atoms with Gasteiger partial charge in [-0.1, -0.05) is 63.2 Å². The molecular formula is C21H23FN2O2. The van der Waals surface area contributed by atoms with Gasteiger partial charge in [0.1, 0.15) is 11.4 Å². The molecule has 1 atom stereocenters. The van der Waals surface area contributed by atoms with E-state index < -0.39 is 17.4 Å². The molecule has 0 unspecified atom stereocenters. The van der Waals surface area contributed by atoms with Gasteiger partial charge in [-0.3, -0.25) is 9.69 Å². The number of imide groups is 1. The van der Waals surface area contributed by atoms with Gasteiger partial charge in [0.2, 0.25) is 0 Å². The minimum absolute atomic E-state index is 0.000755. The van der Waals surface area contributed by atoms with Gasteiger partial charge in [0.25, 0.3) is 5.91 Å². The number of hydrogen-bond donors (Lipinski definition) is 1. The van der Waals surface area contributed by atoms with Crippen LogP contribution in [0.5, 0.6) is 0 Å². The molecule has 1 aliphatic rings. The van der Waals surface area contributed by atoms with E-state index in [-0.39, 0.29) is 17.9 Å². The summed E-state index contributed by atoms with van der Waals surface area (Å²) in [5.74, 6) is -0.814. The van der Waals surface area contributed by atoms with Crippen molar-refractivity contribution in [2.45, 2.75) is 45.2 Å². The van der Waals surface area contributed by atoms with Gasteiger partial charge < -0.3 is 5.32 Å². The van der Waals surface area contributed by atoms with Crippen molar-refractivity contribution in [2.75, 3.05) is 0 Å². The molecule has 4 nitrogen and oxygen atoms in total. The zero-order valence-corrected chi connectivity index (χ0v) is 15.5. The smallest absolute Gasteiger partial charge is 0.319 e. The van der Waals surface area contributed by atoms with Crippen molar-refractivity contribution < 1.29 is 14.0 Å². The third-order valence-electron chi connectivity index (χ3n) is 4.89. The van der Waals surface area contributed by atoms with E-state index >= 15 is 0 Å². The molecular weight excluding hydrogens is 331 g/mol. The first-order valence-electron chi connectivity index (χ1n) is 8.61. The van der Waals surface area contributed by atoms with Gasteiger partial charge in [-0.05, 0) is 29.5 Å². The summed E-state index contributed by atoms with van der Waals surface area (Å²) in [4.78, 5) is 26.4. The standard InChI is InChI=1S/C21H23FN2O2/c1-20(2,3)15-9-11-16(12-10-15)21(4)18(25)24(19(26)23-21)13-14-7-5-6-8-17(14)22/h5-12H,13H2,1-4H3,(H,23,26)/t21-/m1/s1. The summed E-state index contributed by atoms with van der Waals surface area (Å²) in [6.45, 7) is 7.93. The average Bonchev–Trinajstić information content (AvgIpc) is 2.80. The topological polar surface area (TPSA) is 49.4 Å². The Bertz CT molecular complexity index is 855. The highest BCUT2D eigenvalue weighted by Crippen LogP contribution is 2.32. The molecule has 0 saturated carbocycles. The Labute approximate surface area is 153 Å². The molecule has 1 saturated heterocycles. The predicted octanol–water partition coefficient (Wildman–Crippen LogP) is 4.09. The Balaban J connectivity index is 1.88. The number of halogens is 1. The summed E-state index contributed by atoms with van der Waals surface area (Å²) in [7, 11) is 0. The number of nitrogens with one attached hydrogen (secondary N) is 1. The van der Waals surface area contributed by atoms with E-state index in [1.807, 2.05) is 24.3 Å². The van der Waals surface area contributed by atoms with Crippen LogP contribution in [0, 0.1) is 5.82 Å². The molecule has 136 valence electrons. The molecule has 0 spiro atoms. The molecule has 2 aromatic rings. The van der Waals surface area contributed by atoms with Crippen LogP contribution in [0.2, 0.25) is 0 Å². The second-order valence-corrected chi connectivity index (χ2v) is 7.87. The molecule has 3 amide bonds. The van der Waals surface area contributed by atoms with Crippen molar-refractivity contribution in [1.29, 1.82) is 0 Å². The van der Waals surface area contributed by atoms with Crippen LogP contribution in [0.1, 0.15) is 44.4 Å². The SMILES string of the molecule is CC(C)(C)c1ccc([C@@]2(C)NC(=O)N(Cc3ccccc3F)C2=O)cc1. The summed E-state index contributed by atoms with van der Waals surface area (Å²) < 4.78 is 13.9. The maximum Gasteiger partial charge on any atom is 0.325 e. The Morgan fingerprint density at radius 1 is 1.04 bits per heavy atom. The van der Waals surface area contributed by atoms with Gasteiger partial charge in [-0.15, -0.1) is 0 Å². The normalized spacial score (nSPS) is 20.4. The quantitative estimate of drug-likeness (QED) is 0.844. The number of carbonyl (C=O) groups excluding carboxylic acids is 2. The molecule has 0 radical (unpaired) electrons. The van der Waals surface area contributed by atoms with Gasteiger partial charge in [-0.2, -0.15) is 0 Å². The molecule has 1 fully saturated rings. The molecule has 0 aliphatic carbocycles. The minimum atomic E-state index is -1.15. The summed E-state index contributed by atoms with van der Waals surface area (Å²) in [5, 5.41) is 2.76. The van der Waals surface area contributed by atoms with Crippen molar-refractivity contribution >= 4 is 11.9 Å². The highest BCUT2D eigenvalue weighted by Gasteiger charge is 2.49. The highest BCUT2D eigenvalue weighted by atomic mass is 19.1. The second kappa shape index (κ2) is 6.24. The maximum absolute atomic E-state index is 13.9. The largest absolute Gasteiger partial charge is 0.325 e. The van der Waals surface area contributed by atoms with Crippen molar-refractivity contribution in [3.8, 4) is 0 Å². The molecule has 1 N–H and O–H groups in total. The fourth-order valence-electron chi connectivity index (χ4n) is 3.14. The molecule has 0 bridgehead atoms. The Hall–Kier alpha value is -2.69. The predicted molar refractivity (Wildman–Crippen MR) is 98.0 cm³/mol. The van der Waals surface area contributed by atoms with Crippen LogP contribution in [-0.2, 0) is 22.3 Å². The third-order valence-corrected chi connectivity index (χ3v) is 4.89. The lowest BCUT2D eigenvalue weighted by molar-refractivity contribution is -0.131. The van der Waals surface area contributed by atoms with Crippen molar-refractivity contribution in [3.63, 3.8) is 0 Å². The van der Waals surface area contributed by atoms with E-state index in [1.54, 1.807) is 25.1 Å². The summed E-state index contributed by atoms with van der Waals surface area (Å²) in [6, 6.07) is 13.3. The fourth-order valence-corrected chi connectivity index (χ4v) is 3.14. The zero-order valence-electron chi connectivity index (χ0n) is 15.5. The highest BCUT2D eigenvalue weighted by molar-refractivity contribution is 6.07. The number of carbonyl (C=O) groups is 2.